The van der Waals surface area contributed by atoms with E-state index in [1.54, 1.807) is 17.7 Å². The number of rotatable bonds is 3. The van der Waals surface area contributed by atoms with E-state index in [0.717, 1.165) is 11.4 Å². The topological polar surface area (TPSA) is 92.3 Å². The first kappa shape index (κ1) is 13.9. The predicted molar refractivity (Wildman–Crippen MR) is 81.2 cm³/mol. The van der Waals surface area contributed by atoms with E-state index in [-0.39, 0.29) is 5.95 Å². The van der Waals surface area contributed by atoms with Gasteiger partial charge < -0.3 is 15.2 Å². The fraction of sp³-hybridized carbons (Fsp3) is 0.133. The quantitative estimate of drug-likeness (QED) is 0.741. The number of nitrogens with zero attached hydrogens (tertiary/aromatic N) is 3. The predicted octanol–water partition coefficient (Wildman–Crippen LogP) is 1.80. The maximum Gasteiger partial charge on any atom is 0.339 e. The van der Waals surface area contributed by atoms with Crippen LogP contribution in [0.2, 0.25) is 0 Å². The summed E-state index contributed by atoms with van der Waals surface area (Å²) >= 11 is 0. The molecule has 0 radical (unpaired) electrons. The highest BCUT2D eigenvalue weighted by Crippen LogP contribution is 2.23. The molecule has 0 aliphatic carbocycles. The van der Waals surface area contributed by atoms with Crippen LogP contribution in [0.5, 0.6) is 5.75 Å². The number of benzene rings is 1. The molecule has 0 spiro atoms. The number of nitrogen functional groups attached to an aromatic ring is 1. The third-order valence-corrected chi connectivity index (χ3v) is 3.27. The number of ether oxygens (including phenoxy) is 2. The van der Waals surface area contributed by atoms with Gasteiger partial charge in [0.15, 0.2) is 5.65 Å². The summed E-state index contributed by atoms with van der Waals surface area (Å²) in [5.74, 6) is 0.564. The molecule has 3 aromatic rings. The first-order chi connectivity index (χ1) is 10.6. The summed E-state index contributed by atoms with van der Waals surface area (Å²) < 4.78 is 11.5. The molecule has 0 amide bonds. The zero-order valence-corrected chi connectivity index (χ0v) is 12.1. The summed E-state index contributed by atoms with van der Waals surface area (Å²) in [5, 5.41) is 0. The standard InChI is InChI=1S/C15H14N4O3/c1-21-11-5-3-10(4-6-11)19-13-12(18-15(19)16)7-9(8-17-13)14(20)22-2/h3-8H,1-2H3,(H2,16,18). The molecule has 0 atom stereocenters. The molecular weight excluding hydrogens is 284 g/mol. The number of carbonyl (C=O) groups excluding carboxylic acids is 1. The highest BCUT2D eigenvalue weighted by molar-refractivity contribution is 5.92. The maximum absolute atomic E-state index is 11.5. The number of hydrogen-bond acceptors (Lipinski definition) is 6. The minimum atomic E-state index is -0.466. The number of anilines is 1. The van der Waals surface area contributed by atoms with E-state index in [4.69, 9.17) is 10.5 Å². The molecule has 0 saturated carbocycles. The van der Waals surface area contributed by atoms with Crippen molar-refractivity contribution in [3.63, 3.8) is 0 Å². The number of methoxy groups -OCH3 is 2. The second-order valence-corrected chi connectivity index (χ2v) is 4.56. The number of pyridine rings is 1. The highest BCUT2D eigenvalue weighted by Gasteiger charge is 2.14. The van der Waals surface area contributed by atoms with Gasteiger partial charge in [-0.15, -0.1) is 0 Å². The molecule has 1 aromatic carbocycles. The second kappa shape index (κ2) is 5.36. The molecular formula is C15H14N4O3. The Balaban J connectivity index is 2.13. The minimum absolute atomic E-state index is 0.287. The van der Waals surface area contributed by atoms with Crippen molar-refractivity contribution >= 4 is 23.1 Å². The van der Waals surface area contributed by atoms with Crippen LogP contribution < -0.4 is 10.5 Å². The highest BCUT2D eigenvalue weighted by atomic mass is 16.5. The molecule has 7 heteroatoms. The van der Waals surface area contributed by atoms with Crippen LogP contribution in [0.25, 0.3) is 16.9 Å². The summed E-state index contributed by atoms with van der Waals surface area (Å²) in [7, 11) is 2.92. The van der Waals surface area contributed by atoms with E-state index in [1.807, 2.05) is 24.3 Å². The molecule has 0 unspecified atom stereocenters. The third-order valence-electron chi connectivity index (χ3n) is 3.27. The van der Waals surface area contributed by atoms with Crippen LogP contribution in [0.4, 0.5) is 5.95 Å². The average Bonchev–Trinajstić information content (AvgIpc) is 2.89. The van der Waals surface area contributed by atoms with E-state index in [1.165, 1.54) is 13.3 Å². The van der Waals surface area contributed by atoms with Gasteiger partial charge in [0.2, 0.25) is 5.95 Å². The van der Waals surface area contributed by atoms with Crippen LogP contribution >= 0.6 is 0 Å². The Hall–Kier alpha value is -3.09. The number of fused-ring (bicyclic) bond motifs is 1. The molecule has 0 aliphatic heterocycles. The maximum atomic E-state index is 11.5. The van der Waals surface area contributed by atoms with E-state index in [9.17, 15) is 4.79 Å². The van der Waals surface area contributed by atoms with Crippen LogP contribution in [0.1, 0.15) is 10.4 Å². The van der Waals surface area contributed by atoms with Crippen LogP contribution in [-0.2, 0) is 4.74 Å². The fourth-order valence-electron chi connectivity index (χ4n) is 2.20. The molecule has 0 bridgehead atoms. The SMILES string of the molecule is COC(=O)c1cnc2c(c1)nc(N)n2-c1ccc(OC)cc1. The van der Waals surface area contributed by atoms with Crippen molar-refractivity contribution in [1.29, 1.82) is 0 Å². The number of aromatic nitrogens is 3. The Morgan fingerprint density at radius 2 is 1.95 bits per heavy atom. The van der Waals surface area contributed by atoms with Gasteiger partial charge in [0.05, 0.1) is 25.5 Å². The van der Waals surface area contributed by atoms with Crippen molar-refractivity contribution in [2.24, 2.45) is 0 Å². The molecule has 2 N–H and O–H groups in total. The normalized spacial score (nSPS) is 10.6. The lowest BCUT2D eigenvalue weighted by Gasteiger charge is -2.07. The Morgan fingerprint density at radius 3 is 2.59 bits per heavy atom. The first-order valence-electron chi connectivity index (χ1n) is 6.50. The Morgan fingerprint density at radius 1 is 1.23 bits per heavy atom. The molecule has 0 saturated heterocycles. The van der Waals surface area contributed by atoms with Gasteiger partial charge in [-0.05, 0) is 30.3 Å². The summed E-state index contributed by atoms with van der Waals surface area (Å²) in [4.78, 5) is 20.1. The monoisotopic (exact) mass is 298 g/mol. The molecule has 2 aromatic heterocycles. The Bertz CT molecular complexity index is 840. The fourth-order valence-corrected chi connectivity index (χ4v) is 2.20. The minimum Gasteiger partial charge on any atom is -0.497 e. The van der Waals surface area contributed by atoms with E-state index < -0.39 is 5.97 Å². The lowest BCUT2D eigenvalue weighted by Crippen LogP contribution is -2.03. The Labute approximate surface area is 126 Å². The zero-order chi connectivity index (χ0) is 15.7. The smallest absolute Gasteiger partial charge is 0.339 e. The number of nitrogens with two attached hydrogens (primary N) is 1. The van der Waals surface area contributed by atoms with Crippen molar-refractivity contribution in [2.75, 3.05) is 20.0 Å². The van der Waals surface area contributed by atoms with Gasteiger partial charge in [0.1, 0.15) is 11.3 Å². The lowest BCUT2D eigenvalue weighted by molar-refractivity contribution is 0.0600. The lowest BCUT2D eigenvalue weighted by atomic mass is 10.2. The van der Waals surface area contributed by atoms with Gasteiger partial charge >= 0.3 is 5.97 Å². The molecule has 0 fully saturated rings. The van der Waals surface area contributed by atoms with Crippen LogP contribution in [-0.4, -0.2) is 34.7 Å². The molecule has 2 heterocycles. The van der Waals surface area contributed by atoms with Gasteiger partial charge in [-0.25, -0.2) is 14.8 Å². The zero-order valence-electron chi connectivity index (χ0n) is 12.1. The number of carbonyl (C=O) groups is 1. The summed E-state index contributed by atoms with van der Waals surface area (Å²) in [5.41, 5.74) is 8.20. The van der Waals surface area contributed by atoms with Gasteiger partial charge in [-0.2, -0.15) is 0 Å². The van der Waals surface area contributed by atoms with Crippen molar-refractivity contribution in [1.82, 2.24) is 14.5 Å². The van der Waals surface area contributed by atoms with Crippen LogP contribution in [0.3, 0.4) is 0 Å². The number of esters is 1. The van der Waals surface area contributed by atoms with E-state index in [0.29, 0.717) is 16.7 Å². The Kier molecular flexibility index (Phi) is 3.38. The molecule has 7 nitrogen and oxygen atoms in total. The summed E-state index contributed by atoms with van der Waals surface area (Å²) in [6.45, 7) is 0. The van der Waals surface area contributed by atoms with Gasteiger partial charge in [-0.3, -0.25) is 4.57 Å². The van der Waals surface area contributed by atoms with Crippen molar-refractivity contribution in [2.45, 2.75) is 0 Å². The molecule has 3 rings (SSSR count). The molecule has 112 valence electrons. The third kappa shape index (κ3) is 2.22. The van der Waals surface area contributed by atoms with Crippen molar-refractivity contribution < 1.29 is 14.3 Å². The summed E-state index contributed by atoms with van der Waals surface area (Å²) in [6, 6.07) is 8.95. The van der Waals surface area contributed by atoms with Crippen molar-refractivity contribution in [3.8, 4) is 11.4 Å². The summed E-state index contributed by atoms with van der Waals surface area (Å²) in [6.07, 6.45) is 1.44. The van der Waals surface area contributed by atoms with Gasteiger partial charge in [0.25, 0.3) is 0 Å². The number of imidazole rings is 1. The number of hydrogen-bond donors (Lipinski definition) is 1. The van der Waals surface area contributed by atoms with Crippen molar-refractivity contribution in [3.05, 3.63) is 42.1 Å². The second-order valence-electron chi connectivity index (χ2n) is 4.56. The van der Waals surface area contributed by atoms with Gasteiger partial charge in [0, 0.05) is 6.20 Å². The van der Waals surface area contributed by atoms with E-state index in [2.05, 4.69) is 14.7 Å². The molecule has 22 heavy (non-hydrogen) atoms. The first-order valence-corrected chi connectivity index (χ1v) is 6.50. The van der Waals surface area contributed by atoms with E-state index >= 15 is 0 Å². The van der Waals surface area contributed by atoms with Crippen LogP contribution in [0, 0.1) is 0 Å². The van der Waals surface area contributed by atoms with Gasteiger partial charge in [-0.1, -0.05) is 0 Å². The largest absolute Gasteiger partial charge is 0.497 e. The molecule has 0 aliphatic rings. The average molecular weight is 298 g/mol. The van der Waals surface area contributed by atoms with Crippen LogP contribution in [0.15, 0.2) is 36.5 Å².